The molecule has 0 aliphatic carbocycles. The predicted octanol–water partition coefficient (Wildman–Crippen LogP) is 2.97. The molecule has 0 bridgehead atoms. The maximum absolute atomic E-state index is 6.08. The van der Waals surface area contributed by atoms with Crippen LogP contribution < -0.4 is 10.6 Å². The van der Waals surface area contributed by atoms with Crippen LogP contribution in [0, 0.1) is 0 Å². The lowest BCUT2D eigenvalue weighted by atomic mass is 10.00. The molecule has 106 valence electrons. The van der Waals surface area contributed by atoms with Crippen LogP contribution in [0.25, 0.3) is 0 Å². The Hall–Kier alpha value is -1.22. The molecular formula is C16H27N3. The number of nitrogens with zero attached hydrogens (tertiary/aromatic N) is 2. The Balaban J connectivity index is 1.94. The summed E-state index contributed by atoms with van der Waals surface area (Å²) >= 11 is 0. The highest BCUT2D eigenvalue weighted by Crippen LogP contribution is 2.24. The summed E-state index contributed by atoms with van der Waals surface area (Å²) in [4.78, 5) is 4.92. The SMILES string of the molecule is CCN(CCC1CCCCN1C)c1ccccc1N. The number of hydrogen-bond acceptors (Lipinski definition) is 3. The molecule has 1 atom stereocenters. The number of anilines is 2. The number of benzene rings is 1. The number of nitrogens with two attached hydrogens (primary N) is 1. The number of hydrogen-bond donors (Lipinski definition) is 1. The van der Waals surface area contributed by atoms with Gasteiger partial charge in [-0.3, -0.25) is 0 Å². The van der Waals surface area contributed by atoms with E-state index in [1.807, 2.05) is 12.1 Å². The summed E-state index contributed by atoms with van der Waals surface area (Å²) in [6, 6.07) is 8.93. The quantitative estimate of drug-likeness (QED) is 0.827. The molecule has 1 heterocycles. The van der Waals surface area contributed by atoms with Crippen LogP contribution in [0.1, 0.15) is 32.6 Å². The topological polar surface area (TPSA) is 32.5 Å². The van der Waals surface area contributed by atoms with Crippen molar-refractivity contribution < 1.29 is 0 Å². The second-order valence-corrected chi connectivity index (χ2v) is 5.56. The lowest BCUT2D eigenvalue weighted by Crippen LogP contribution is -2.39. The average Bonchev–Trinajstić information content (AvgIpc) is 2.43. The van der Waals surface area contributed by atoms with Crippen LogP contribution in [0.15, 0.2) is 24.3 Å². The van der Waals surface area contributed by atoms with Gasteiger partial charge in [0.1, 0.15) is 0 Å². The first-order valence-electron chi connectivity index (χ1n) is 7.52. The van der Waals surface area contributed by atoms with E-state index in [-0.39, 0.29) is 0 Å². The van der Waals surface area contributed by atoms with Gasteiger partial charge in [0.15, 0.2) is 0 Å². The van der Waals surface area contributed by atoms with Crippen LogP contribution >= 0.6 is 0 Å². The van der Waals surface area contributed by atoms with Crippen molar-refractivity contribution in [3.8, 4) is 0 Å². The van der Waals surface area contributed by atoms with E-state index in [2.05, 4.69) is 35.9 Å². The number of piperidine rings is 1. The van der Waals surface area contributed by atoms with E-state index < -0.39 is 0 Å². The largest absolute Gasteiger partial charge is 0.397 e. The molecule has 0 radical (unpaired) electrons. The van der Waals surface area contributed by atoms with E-state index in [4.69, 9.17) is 5.73 Å². The fourth-order valence-electron chi connectivity index (χ4n) is 3.04. The van der Waals surface area contributed by atoms with Gasteiger partial charge in [0.25, 0.3) is 0 Å². The van der Waals surface area contributed by atoms with Crippen molar-refractivity contribution in [2.75, 3.05) is 37.3 Å². The Morgan fingerprint density at radius 3 is 2.79 bits per heavy atom. The zero-order chi connectivity index (χ0) is 13.7. The first-order valence-corrected chi connectivity index (χ1v) is 7.52. The molecule has 0 aromatic heterocycles. The van der Waals surface area contributed by atoms with E-state index in [0.717, 1.165) is 24.8 Å². The summed E-state index contributed by atoms with van der Waals surface area (Å²) < 4.78 is 0. The average molecular weight is 261 g/mol. The van der Waals surface area contributed by atoms with Crippen molar-refractivity contribution in [2.24, 2.45) is 0 Å². The monoisotopic (exact) mass is 261 g/mol. The third kappa shape index (κ3) is 3.63. The van der Waals surface area contributed by atoms with Crippen molar-refractivity contribution in [2.45, 2.75) is 38.6 Å². The molecule has 3 heteroatoms. The highest BCUT2D eigenvalue weighted by molar-refractivity contribution is 5.67. The molecule has 1 unspecified atom stereocenters. The number of rotatable bonds is 5. The van der Waals surface area contributed by atoms with E-state index in [9.17, 15) is 0 Å². The second kappa shape index (κ2) is 6.80. The van der Waals surface area contributed by atoms with Crippen molar-refractivity contribution in [3.63, 3.8) is 0 Å². The zero-order valence-corrected chi connectivity index (χ0v) is 12.3. The molecule has 0 amide bonds. The molecule has 1 aliphatic rings. The van der Waals surface area contributed by atoms with Gasteiger partial charge in [-0.1, -0.05) is 18.6 Å². The molecule has 0 spiro atoms. The van der Waals surface area contributed by atoms with Crippen LogP contribution in [-0.2, 0) is 0 Å². The summed E-state index contributed by atoms with van der Waals surface area (Å²) in [5, 5.41) is 0. The van der Waals surface area contributed by atoms with Crippen LogP contribution in [0.4, 0.5) is 11.4 Å². The molecular weight excluding hydrogens is 234 g/mol. The van der Waals surface area contributed by atoms with Gasteiger partial charge in [-0.05, 0) is 51.9 Å². The van der Waals surface area contributed by atoms with Crippen molar-refractivity contribution >= 4 is 11.4 Å². The third-order valence-electron chi connectivity index (χ3n) is 4.31. The van der Waals surface area contributed by atoms with Crippen molar-refractivity contribution in [1.82, 2.24) is 4.90 Å². The Kier molecular flexibility index (Phi) is 5.08. The number of likely N-dealkylation sites (tertiary alicyclic amines) is 1. The van der Waals surface area contributed by atoms with Crippen LogP contribution in [0.3, 0.4) is 0 Å². The van der Waals surface area contributed by atoms with Crippen molar-refractivity contribution in [1.29, 1.82) is 0 Å². The van der Waals surface area contributed by atoms with Crippen LogP contribution in [-0.4, -0.2) is 37.6 Å². The second-order valence-electron chi connectivity index (χ2n) is 5.56. The molecule has 3 nitrogen and oxygen atoms in total. The first-order chi connectivity index (χ1) is 9.22. The van der Waals surface area contributed by atoms with E-state index in [1.54, 1.807) is 0 Å². The zero-order valence-electron chi connectivity index (χ0n) is 12.3. The normalized spacial score (nSPS) is 20.4. The van der Waals surface area contributed by atoms with Gasteiger partial charge in [0, 0.05) is 19.1 Å². The van der Waals surface area contributed by atoms with Crippen molar-refractivity contribution in [3.05, 3.63) is 24.3 Å². The molecule has 1 fully saturated rings. The standard InChI is InChI=1S/C16H27N3/c1-3-19(16-10-5-4-9-15(16)17)13-11-14-8-6-7-12-18(14)2/h4-5,9-10,14H,3,6-8,11-13,17H2,1-2H3. The summed E-state index contributed by atoms with van der Waals surface area (Å²) in [6.45, 7) is 5.58. The van der Waals surface area contributed by atoms with Gasteiger partial charge in [0.2, 0.25) is 0 Å². The fraction of sp³-hybridized carbons (Fsp3) is 0.625. The molecule has 2 rings (SSSR count). The summed E-state index contributed by atoms with van der Waals surface area (Å²) in [5.41, 5.74) is 8.15. The van der Waals surface area contributed by atoms with Gasteiger partial charge < -0.3 is 15.5 Å². The smallest absolute Gasteiger partial charge is 0.0599 e. The molecule has 0 saturated carbocycles. The van der Waals surface area contributed by atoms with Crippen LogP contribution in [0.2, 0.25) is 0 Å². The Morgan fingerprint density at radius 1 is 1.32 bits per heavy atom. The lowest BCUT2D eigenvalue weighted by Gasteiger charge is -2.34. The minimum Gasteiger partial charge on any atom is -0.397 e. The molecule has 1 aromatic carbocycles. The fourth-order valence-corrected chi connectivity index (χ4v) is 3.04. The number of para-hydroxylation sites is 2. The van der Waals surface area contributed by atoms with Gasteiger partial charge in [-0.2, -0.15) is 0 Å². The minimum absolute atomic E-state index is 0.743. The molecule has 19 heavy (non-hydrogen) atoms. The van der Waals surface area contributed by atoms with E-state index in [0.29, 0.717) is 0 Å². The van der Waals surface area contributed by atoms with Crippen LogP contribution in [0.5, 0.6) is 0 Å². The Bertz CT molecular complexity index is 391. The molecule has 1 aliphatic heterocycles. The maximum Gasteiger partial charge on any atom is 0.0599 e. The van der Waals surface area contributed by atoms with E-state index in [1.165, 1.54) is 37.9 Å². The Morgan fingerprint density at radius 2 is 2.11 bits per heavy atom. The predicted molar refractivity (Wildman–Crippen MR) is 83.6 cm³/mol. The maximum atomic E-state index is 6.08. The summed E-state index contributed by atoms with van der Waals surface area (Å²) in [6.07, 6.45) is 5.32. The Labute approximate surface area is 117 Å². The highest BCUT2D eigenvalue weighted by Gasteiger charge is 2.19. The van der Waals surface area contributed by atoms with Gasteiger partial charge in [0.05, 0.1) is 11.4 Å². The minimum atomic E-state index is 0.743. The van der Waals surface area contributed by atoms with E-state index >= 15 is 0 Å². The molecule has 2 N–H and O–H groups in total. The highest BCUT2D eigenvalue weighted by atomic mass is 15.2. The molecule has 1 aromatic rings. The first kappa shape index (κ1) is 14.2. The summed E-state index contributed by atoms with van der Waals surface area (Å²) in [5.74, 6) is 0. The number of nitrogen functional groups attached to an aromatic ring is 1. The van der Waals surface area contributed by atoms with Gasteiger partial charge >= 0.3 is 0 Å². The van der Waals surface area contributed by atoms with Gasteiger partial charge in [-0.15, -0.1) is 0 Å². The molecule has 1 saturated heterocycles. The third-order valence-corrected chi connectivity index (χ3v) is 4.31. The van der Waals surface area contributed by atoms with Gasteiger partial charge in [-0.25, -0.2) is 0 Å². The lowest BCUT2D eigenvalue weighted by molar-refractivity contribution is 0.177. The summed E-state index contributed by atoms with van der Waals surface area (Å²) in [7, 11) is 2.26.